The summed E-state index contributed by atoms with van der Waals surface area (Å²) >= 11 is 5.00. The monoisotopic (exact) mass is 547 g/mol. The second-order valence-electron chi connectivity index (χ2n) is 7.58. The number of thioether (sulfide) groups is 1. The van der Waals surface area contributed by atoms with Gasteiger partial charge in [0, 0.05) is 20.9 Å². The van der Waals surface area contributed by atoms with Gasteiger partial charge in [0.2, 0.25) is 5.16 Å². The van der Waals surface area contributed by atoms with Crippen LogP contribution in [0.4, 0.5) is 5.69 Å². The van der Waals surface area contributed by atoms with Crippen LogP contribution in [-0.2, 0) is 4.79 Å². The number of hydrogen-bond donors (Lipinski definition) is 3. The van der Waals surface area contributed by atoms with Crippen molar-refractivity contribution in [3.8, 4) is 22.8 Å². The van der Waals surface area contributed by atoms with Crippen LogP contribution in [0.25, 0.3) is 11.3 Å². The second-order valence-corrected chi connectivity index (χ2v) is 9.58. The number of carboxylic acid groups (broad SMARTS) is 1. The molecule has 0 saturated carbocycles. The Hall–Kier alpha value is -3.05. The van der Waals surface area contributed by atoms with Gasteiger partial charge in [-0.25, -0.2) is 4.79 Å². The van der Waals surface area contributed by atoms with Crippen LogP contribution >= 0.6 is 27.7 Å². The van der Waals surface area contributed by atoms with Gasteiger partial charge in [-0.3, -0.25) is 9.78 Å². The van der Waals surface area contributed by atoms with E-state index in [0.29, 0.717) is 22.3 Å². The molecule has 2 aromatic carbocycles. The summed E-state index contributed by atoms with van der Waals surface area (Å²) in [6, 6.07) is 10.9. The lowest BCUT2D eigenvalue weighted by molar-refractivity contribution is -0.759. The van der Waals surface area contributed by atoms with Crippen molar-refractivity contribution in [2.75, 3.05) is 24.8 Å². The number of unbranched alkanes of at least 4 members (excludes halogenated alkanes) is 1. The summed E-state index contributed by atoms with van der Waals surface area (Å²) in [5, 5.41) is 17.7. The van der Waals surface area contributed by atoms with Gasteiger partial charge in [-0.2, -0.15) is 0 Å². The topological polar surface area (TPSA) is 117 Å². The molecule has 178 valence electrons. The van der Waals surface area contributed by atoms with Crippen LogP contribution in [-0.4, -0.2) is 40.6 Å². The molecular formula is C23H24BrN4O5S+. The zero-order chi connectivity index (χ0) is 24.2. The molecule has 0 bridgehead atoms. The summed E-state index contributed by atoms with van der Waals surface area (Å²) in [4.78, 5) is 27.0. The molecule has 0 saturated heterocycles. The van der Waals surface area contributed by atoms with Crippen LogP contribution in [0.15, 0.2) is 50.8 Å². The molecule has 1 atom stereocenters. The number of ether oxygens (including phenoxy) is 2. The summed E-state index contributed by atoms with van der Waals surface area (Å²) in [6.45, 7) is 1.64. The molecule has 3 N–H and O–H groups in total. The van der Waals surface area contributed by atoms with E-state index in [1.807, 2.05) is 18.2 Å². The Kier molecular flexibility index (Phi) is 7.42. The fourth-order valence-electron chi connectivity index (χ4n) is 3.63. The zero-order valence-corrected chi connectivity index (χ0v) is 21.0. The quantitative estimate of drug-likeness (QED) is 0.210. The normalized spacial score (nSPS) is 14.0. The number of nitrogens with zero attached hydrogens (tertiary/aromatic N) is 2. The summed E-state index contributed by atoms with van der Waals surface area (Å²) in [5.41, 5.74) is 2.50. The van der Waals surface area contributed by atoms with E-state index in [9.17, 15) is 9.59 Å². The first-order chi connectivity index (χ1) is 16.4. The number of halogens is 1. The first-order valence-corrected chi connectivity index (χ1v) is 12.5. The molecule has 0 amide bonds. The Bertz CT molecular complexity index is 1280. The standard InChI is InChI=1S/C23H23BrN4O5S/c1-3-4-9-34-23-26-22(31)20-15-11-14(24)6-7-16(15)25-21(28(20)27-23)13-5-8-17(18(10-13)32-2)33-12-19(29)30/h5-8,10-11,21H,3-4,9,12H2,1-2H3,(H2,26,27,29,30,31)/p+1/t21-/m0/s1. The van der Waals surface area contributed by atoms with E-state index in [0.717, 1.165) is 39.9 Å². The third kappa shape index (κ3) is 5.05. The van der Waals surface area contributed by atoms with Crippen LogP contribution in [0, 0.1) is 0 Å². The molecule has 0 fully saturated rings. The van der Waals surface area contributed by atoms with Gasteiger partial charge in [-0.1, -0.05) is 41.0 Å². The number of H-pyrrole nitrogens is 1. The average Bonchev–Trinajstić information content (AvgIpc) is 2.82. The lowest BCUT2D eigenvalue weighted by Gasteiger charge is -2.23. The predicted octanol–water partition coefficient (Wildman–Crippen LogP) is 3.82. The van der Waals surface area contributed by atoms with Crippen molar-refractivity contribution in [2.24, 2.45) is 0 Å². The number of carboxylic acids is 1. The molecule has 11 heteroatoms. The van der Waals surface area contributed by atoms with E-state index in [2.05, 4.69) is 33.2 Å². The maximum Gasteiger partial charge on any atom is 0.341 e. The van der Waals surface area contributed by atoms with Crippen molar-refractivity contribution in [1.82, 2.24) is 10.1 Å². The van der Waals surface area contributed by atoms with Crippen molar-refractivity contribution in [3.63, 3.8) is 0 Å². The smallest absolute Gasteiger partial charge is 0.341 e. The van der Waals surface area contributed by atoms with E-state index in [4.69, 9.17) is 19.7 Å². The lowest BCUT2D eigenvalue weighted by Crippen LogP contribution is -2.55. The second kappa shape index (κ2) is 10.5. The van der Waals surface area contributed by atoms with Gasteiger partial charge in [0.1, 0.15) is 0 Å². The van der Waals surface area contributed by atoms with Gasteiger partial charge >= 0.3 is 17.2 Å². The summed E-state index contributed by atoms with van der Waals surface area (Å²) in [6.07, 6.45) is 1.57. The maximum atomic E-state index is 13.2. The van der Waals surface area contributed by atoms with E-state index in [1.165, 1.54) is 18.9 Å². The highest BCUT2D eigenvalue weighted by molar-refractivity contribution is 9.10. The Morgan fingerprint density at radius 1 is 1.26 bits per heavy atom. The van der Waals surface area contributed by atoms with Crippen LogP contribution in [0.2, 0.25) is 0 Å². The third-order valence-electron chi connectivity index (χ3n) is 5.23. The van der Waals surface area contributed by atoms with Crippen molar-refractivity contribution in [2.45, 2.75) is 31.1 Å². The Morgan fingerprint density at radius 2 is 2.09 bits per heavy atom. The lowest BCUT2D eigenvalue weighted by atomic mass is 10.0. The number of aromatic nitrogens is 3. The van der Waals surface area contributed by atoms with E-state index >= 15 is 0 Å². The van der Waals surface area contributed by atoms with Gasteiger partial charge in [0.25, 0.3) is 6.17 Å². The number of carbonyl (C=O) groups is 1. The fourth-order valence-corrected chi connectivity index (χ4v) is 4.93. The van der Waals surface area contributed by atoms with E-state index < -0.39 is 18.7 Å². The molecule has 1 aromatic heterocycles. The van der Waals surface area contributed by atoms with E-state index in [-0.39, 0.29) is 5.56 Å². The molecule has 1 aliphatic heterocycles. The van der Waals surface area contributed by atoms with Crippen molar-refractivity contribution >= 4 is 39.3 Å². The third-order valence-corrected chi connectivity index (χ3v) is 6.67. The van der Waals surface area contributed by atoms with Crippen molar-refractivity contribution < 1.29 is 24.1 Å². The summed E-state index contributed by atoms with van der Waals surface area (Å²) in [7, 11) is 1.49. The maximum absolute atomic E-state index is 13.2. The largest absolute Gasteiger partial charge is 0.493 e. The number of aliphatic carboxylic acids is 1. The van der Waals surface area contributed by atoms with Crippen LogP contribution < -0.4 is 25.0 Å². The number of hydrogen-bond acceptors (Lipinski definition) is 7. The number of fused-ring (bicyclic) bond motifs is 3. The van der Waals surface area contributed by atoms with Gasteiger partial charge < -0.3 is 19.9 Å². The first kappa shape index (κ1) is 24.1. The predicted molar refractivity (Wildman–Crippen MR) is 132 cm³/mol. The zero-order valence-electron chi connectivity index (χ0n) is 18.6. The number of nitrogens with one attached hydrogen (secondary N) is 2. The number of aromatic amines is 1. The highest BCUT2D eigenvalue weighted by Gasteiger charge is 2.38. The number of anilines is 1. The van der Waals surface area contributed by atoms with Crippen LogP contribution in [0.3, 0.4) is 0 Å². The Morgan fingerprint density at radius 3 is 2.82 bits per heavy atom. The van der Waals surface area contributed by atoms with Gasteiger partial charge in [-0.05, 0) is 47.5 Å². The average molecular weight is 548 g/mol. The Balaban J connectivity index is 1.81. The molecule has 9 nitrogen and oxygen atoms in total. The Labute approximate surface area is 208 Å². The fraction of sp³-hybridized carbons (Fsp3) is 0.304. The SMILES string of the molecule is CCCCSc1n[n+]2c(c(=O)[nH]1)-c1cc(Br)ccc1N[C@@H]2c1ccc(OCC(=O)O)c(OC)c1. The molecule has 0 unspecified atom stereocenters. The van der Waals surface area contributed by atoms with Gasteiger partial charge in [0.05, 0.1) is 18.4 Å². The highest BCUT2D eigenvalue weighted by Crippen LogP contribution is 2.36. The molecule has 0 spiro atoms. The van der Waals surface area contributed by atoms with Crippen molar-refractivity contribution in [3.05, 3.63) is 56.8 Å². The van der Waals surface area contributed by atoms with Gasteiger partial charge in [-0.15, -0.1) is 0 Å². The molecule has 0 radical (unpaired) electrons. The number of benzene rings is 2. The minimum absolute atomic E-state index is 0.228. The molecule has 4 rings (SSSR count). The van der Waals surface area contributed by atoms with Gasteiger partial charge in [0.15, 0.2) is 18.1 Å². The number of methoxy groups -OCH3 is 1. The van der Waals surface area contributed by atoms with Crippen LogP contribution in [0.1, 0.15) is 31.5 Å². The number of rotatable bonds is 9. The summed E-state index contributed by atoms with van der Waals surface area (Å²) in [5.74, 6) is 0.465. The molecule has 34 heavy (non-hydrogen) atoms. The molecule has 0 aliphatic carbocycles. The molecule has 1 aliphatic rings. The highest BCUT2D eigenvalue weighted by atomic mass is 79.9. The first-order valence-electron chi connectivity index (χ1n) is 10.7. The minimum Gasteiger partial charge on any atom is -0.493 e. The molecular weight excluding hydrogens is 524 g/mol. The van der Waals surface area contributed by atoms with E-state index in [1.54, 1.807) is 22.9 Å². The van der Waals surface area contributed by atoms with Crippen molar-refractivity contribution in [1.29, 1.82) is 0 Å². The molecule has 3 aromatic rings. The molecule has 2 heterocycles. The van der Waals surface area contributed by atoms with Crippen LogP contribution in [0.5, 0.6) is 11.5 Å². The summed E-state index contributed by atoms with van der Waals surface area (Å²) < 4.78 is 13.3. The minimum atomic E-state index is -1.08.